The van der Waals surface area contributed by atoms with Crippen molar-refractivity contribution >= 4 is 16.3 Å². The summed E-state index contributed by atoms with van der Waals surface area (Å²) >= 11 is 1.68. The second kappa shape index (κ2) is 3.79. The van der Waals surface area contributed by atoms with Crippen LogP contribution in [0, 0.1) is 5.41 Å². The average Bonchev–Trinajstić information content (AvgIpc) is 3.06. The second-order valence-corrected chi connectivity index (χ2v) is 6.47. The lowest BCUT2D eigenvalue weighted by atomic mass is 9.71. The van der Waals surface area contributed by atoms with Crippen LogP contribution in [0.5, 0.6) is 0 Å². The van der Waals surface area contributed by atoms with Crippen LogP contribution in [-0.4, -0.2) is 28.1 Å². The lowest BCUT2D eigenvalue weighted by Crippen LogP contribution is -2.41. The molecule has 3 atom stereocenters. The molecule has 2 bridgehead atoms. The average molecular weight is 263 g/mol. The Balaban J connectivity index is 1.64. The van der Waals surface area contributed by atoms with Crippen molar-refractivity contribution in [1.82, 2.24) is 9.38 Å². The number of rotatable bonds is 3. The van der Waals surface area contributed by atoms with Crippen LogP contribution in [0.1, 0.15) is 25.0 Å². The molecule has 2 aliphatic rings. The molecule has 5 heteroatoms. The third-order valence-corrected chi connectivity index (χ3v) is 5.28. The Hall–Kier alpha value is -0.910. The molecule has 2 N–H and O–H groups in total. The van der Waals surface area contributed by atoms with Crippen LogP contribution in [0.4, 0.5) is 0 Å². The molecule has 18 heavy (non-hydrogen) atoms. The smallest absolute Gasteiger partial charge is 0.193 e. The summed E-state index contributed by atoms with van der Waals surface area (Å²) in [5, 5.41) is 2.06. The Morgan fingerprint density at radius 3 is 3.17 bits per heavy atom. The normalized spacial score (nSPS) is 34.7. The summed E-state index contributed by atoms with van der Waals surface area (Å²) in [5.74, 6) is 0. The van der Waals surface area contributed by atoms with Crippen LogP contribution in [-0.2, 0) is 11.2 Å². The van der Waals surface area contributed by atoms with Crippen molar-refractivity contribution in [1.29, 1.82) is 0 Å². The van der Waals surface area contributed by atoms with Gasteiger partial charge in [0.15, 0.2) is 4.96 Å². The van der Waals surface area contributed by atoms with Gasteiger partial charge >= 0.3 is 0 Å². The maximum atomic E-state index is 6.06. The molecular formula is C13H17N3OS. The number of imidazole rings is 1. The highest BCUT2D eigenvalue weighted by Gasteiger charge is 2.51. The molecule has 2 aromatic rings. The van der Waals surface area contributed by atoms with Crippen LogP contribution in [0.25, 0.3) is 4.96 Å². The minimum atomic E-state index is 0.132. The van der Waals surface area contributed by atoms with E-state index in [1.807, 2.05) is 0 Å². The fourth-order valence-electron chi connectivity index (χ4n) is 3.59. The molecule has 0 amide bonds. The largest absolute Gasteiger partial charge is 0.374 e. The first-order chi connectivity index (χ1) is 8.79. The van der Waals surface area contributed by atoms with Gasteiger partial charge in [-0.3, -0.25) is 4.40 Å². The van der Waals surface area contributed by atoms with E-state index in [9.17, 15) is 0 Å². The van der Waals surface area contributed by atoms with Gasteiger partial charge in [0.25, 0.3) is 0 Å². The quantitative estimate of drug-likeness (QED) is 0.919. The summed E-state index contributed by atoms with van der Waals surface area (Å²) < 4.78 is 8.09. The highest BCUT2D eigenvalue weighted by atomic mass is 32.1. The van der Waals surface area contributed by atoms with Crippen molar-refractivity contribution in [3.8, 4) is 0 Å². The van der Waals surface area contributed by atoms with Crippen molar-refractivity contribution in [2.45, 2.75) is 37.9 Å². The molecule has 2 aliphatic heterocycles. The number of ether oxygens (including phenoxy) is 1. The Kier molecular flexibility index (Phi) is 2.31. The van der Waals surface area contributed by atoms with Gasteiger partial charge in [0.1, 0.15) is 0 Å². The van der Waals surface area contributed by atoms with Gasteiger partial charge < -0.3 is 10.5 Å². The standard InChI is InChI=1S/C13H17N3OS/c14-8-13(6-10-1-2-11(13)17-10)5-9-7-16-3-4-18-12(16)15-9/h3-4,7,10-11H,1-2,5-6,8,14H2. The molecule has 96 valence electrons. The minimum Gasteiger partial charge on any atom is -0.374 e. The zero-order valence-corrected chi connectivity index (χ0v) is 11.0. The third-order valence-electron chi connectivity index (χ3n) is 4.51. The van der Waals surface area contributed by atoms with Crippen molar-refractivity contribution < 1.29 is 4.74 Å². The molecule has 2 fully saturated rings. The molecule has 0 spiro atoms. The number of hydrogen-bond acceptors (Lipinski definition) is 4. The van der Waals surface area contributed by atoms with Crippen molar-refractivity contribution in [3.63, 3.8) is 0 Å². The first kappa shape index (κ1) is 11.0. The summed E-state index contributed by atoms with van der Waals surface area (Å²) in [7, 11) is 0. The van der Waals surface area contributed by atoms with E-state index < -0.39 is 0 Å². The molecule has 0 radical (unpaired) electrons. The number of hydrogen-bond donors (Lipinski definition) is 1. The predicted molar refractivity (Wildman–Crippen MR) is 70.8 cm³/mol. The molecule has 2 saturated heterocycles. The van der Waals surface area contributed by atoms with Gasteiger partial charge in [-0.1, -0.05) is 0 Å². The number of fused-ring (bicyclic) bond motifs is 3. The third kappa shape index (κ3) is 1.47. The summed E-state index contributed by atoms with van der Waals surface area (Å²) in [6, 6.07) is 0. The van der Waals surface area contributed by atoms with Gasteiger partial charge in [-0.05, 0) is 19.3 Å². The molecule has 2 aromatic heterocycles. The summed E-state index contributed by atoms with van der Waals surface area (Å²) in [6.45, 7) is 0.708. The van der Waals surface area contributed by atoms with Crippen molar-refractivity contribution in [2.24, 2.45) is 11.1 Å². The van der Waals surface area contributed by atoms with E-state index in [1.54, 1.807) is 11.3 Å². The molecule has 4 heterocycles. The predicted octanol–water partition coefficient (Wildman–Crippen LogP) is 1.83. The van der Waals surface area contributed by atoms with Gasteiger partial charge in [-0.15, -0.1) is 11.3 Å². The van der Waals surface area contributed by atoms with Gasteiger partial charge in [-0.25, -0.2) is 4.98 Å². The van der Waals surface area contributed by atoms with E-state index in [4.69, 9.17) is 10.5 Å². The number of thiazole rings is 1. The Labute approximate surface area is 110 Å². The Bertz CT molecular complexity index is 549. The van der Waals surface area contributed by atoms with Crippen molar-refractivity contribution in [3.05, 3.63) is 23.5 Å². The van der Waals surface area contributed by atoms with Crippen LogP contribution in [0.3, 0.4) is 0 Å². The first-order valence-corrected chi connectivity index (χ1v) is 7.44. The fraction of sp³-hybridized carbons (Fsp3) is 0.615. The summed E-state index contributed by atoms with van der Waals surface area (Å²) in [4.78, 5) is 5.75. The highest BCUT2D eigenvalue weighted by Crippen LogP contribution is 2.48. The number of aromatic nitrogens is 2. The maximum Gasteiger partial charge on any atom is 0.193 e. The summed E-state index contributed by atoms with van der Waals surface area (Å²) in [6.07, 6.45) is 9.44. The van der Waals surface area contributed by atoms with E-state index in [2.05, 4.69) is 27.2 Å². The Morgan fingerprint density at radius 2 is 2.50 bits per heavy atom. The molecule has 4 nitrogen and oxygen atoms in total. The lowest BCUT2D eigenvalue weighted by Gasteiger charge is -2.33. The second-order valence-electron chi connectivity index (χ2n) is 5.60. The molecular weight excluding hydrogens is 246 g/mol. The molecule has 0 aliphatic carbocycles. The van der Waals surface area contributed by atoms with E-state index in [1.165, 1.54) is 12.8 Å². The van der Waals surface area contributed by atoms with E-state index in [-0.39, 0.29) is 5.41 Å². The first-order valence-electron chi connectivity index (χ1n) is 6.56. The highest BCUT2D eigenvalue weighted by molar-refractivity contribution is 7.15. The van der Waals surface area contributed by atoms with Gasteiger partial charge in [0.2, 0.25) is 0 Å². The van der Waals surface area contributed by atoms with Crippen LogP contribution in [0.15, 0.2) is 17.8 Å². The number of nitrogens with two attached hydrogens (primary N) is 1. The van der Waals surface area contributed by atoms with Crippen LogP contribution < -0.4 is 5.73 Å². The zero-order chi connectivity index (χ0) is 12.2. The van der Waals surface area contributed by atoms with Gasteiger partial charge in [-0.2, -0.15) is 0 Å². The molecule has 3 unspecified atom stereocenters. The number of nitrogens with zero attached hydrogens (tertiary/aromatic N) is 2. The Morgan fingerprint density at radius 1 is 1.56 bits per heavy atom. The topological polar surface area (TPSA) is 52.5 Å². The lowest BCUT2D eigenvalue weighted by molar-refractivity contribution is 0.0633. The van der Waals surface area contributed by atoms with Crippen molar-refractivity contribution in [2.75, 3.05) is 6.54 Å². The fourth-order valence-corrected chi connectivity index (χ4v) is 4.31. The van der Waals surface area contributed by atoms with E-state index >= 15 is 0 Å². The molecule has 0 saturated carbocycles. The van der Waals surface area contributed by atoms with Crippen LogP contribution >= 0.6 is 11.3 Å². The van der Waals surface area contributed by atoms with Gasteiger partial charge in [0, 0.05) is 36.2 Å². The van der Waals surface area contributed by atoms with E-state index in [0.717, 1.165) is 23.5 Å². The SMILES string of the molecule is NCC1(Cc2cn3ccsc3n2)CC2CCC1O2. The minimum absolute atomic E-state index is 0.132. The zero-order valence-electron chi connectivity index (χ0n) is 10.2. The molecule has 4 rings (SSSR count). The summed E-state index contributed by atoms with van der Waals surface area (Å²) in [5.41, 5.74) is 7.35. The monoisotopic (exact) mass is 263 g/mol. The maximum absolute atomic E-state index is 6.06. The van der Waals surface area contributed by atoms with Crippen LogP contribution in [0.2, 0.25) is 0 Å². The molecule has 0 aromatic carbocycles. The van der Waals surface area contributed by atoms with E-state index in [0.29, 0.717) is 18.8 Å². The van der Waals surface area contributed by atoms with Gasteiger partial charge in [0.05, 0.1) is 17.9 Å².